The zero-order valence-electron chi connectivity index (χ0n) is 12.4. The minimum atomic E-state index is 0.00222. The summed E-state index contributed by atoms with van der Waals surface area (Å²) in [4.78, 5) is 12.6. The number of hydrogen-bond acceptors (Lipinski definition) is 3. The summed E-state index contributed by atoms with van der Waals surface area (Å²) >= 11 is 0. The Morgan fingerprint density at radius 2 is 0.950 bits per heavy atom. The van der Waals surface area contributed by atoms with Crippen molar-refractivity contribution in [3.63, 3.8) is 0 Å². The Hall–Kier alpha value is -2.29. The van der Waals surface area contributed by atoms with E-state index in [-0.39, 0.29) is 5.78 Å². The number of nitrogen functional groups attached to an aromatic ring is 2. The molecule has 0 heterocycles. The fraction of sp³-hybridized carbons (Fsp3) is 0.235. The highest BCUT2D eigenvalue weighted by Crippen LogP contribution is 2.24. The molecule has 2 aromatic rings. The number of nitrogens with two attached hydrogens (primary N) is 2. The second-order valence-corrected chi connectivity index (χ2v) is 5.38. The van der Waals surface area contributed by atoms with Crippen molar-refractivity contribution >= 4 is 17.2 Å². The van der Waals surface area contributed by atoms with Gasteiger partial charge in [0, 0.05) is 22.5 Å². The summed E-state index contributed by atoms with van der Waals surface area (Å²) in [5.41, 5.74) is 18.4. The smallest absolute Gasteiger partial charge is 0.193 e. The topological polar surface area (TPSA) is 69.1 Å². The molecule has 20 heavy (non-hydrogen) atoms. The molecule has 0 aliphatic heterocycles. The first-order chi connectivity index (χ1) is 9.31. The highest BCUT2D eigenvalue weighted by atomic mass is 16.1. The van der Waals surface area contributed by atoms with E-state index in [1.807, 2.05) is 52.0 Å². The molecular weight excluding hydrogens is 248 g/mol. The molecule has 0 aromatic heterocycles. The molecule has 0 radical (unpaired) electrons. The second kappa shape index (κ2) is 5.00. The Bertz CT molecular complexity index is 597. The molecule has 2 rings (SSSR count). The average Bonchev–Trinajstić information content (AvgIpc) is 2.40. The molecular formula is C17H20N2O. The Balaban J connectivity index is 2.52. The molecule has 3 heteroatoms. The van der Waals surface area contributed by atoms with Crippen molar-refractivity contribution < 1.29 is 4.79 Å². The van der Waals surface area contributed by atoms with Gasteiger partial charge in [-0.05, 0) is 74.2 Å². The van der Waals surface area contributed by atoms with Crippen LogP contribution in [0.3, 0.4) is 0 Å². The third kappa shape index (κ3) is 2.39. The SMILES string of the molecule is Cc1cc(C(=O)c2cc(C)c(N)c(C)c2)cc(C)c1N. The number of rotatable bonds is 2. The maximum absolute atomic E-state index is 12.6. The summed E-state index contributed by atoms with van der Waals surface area (Å²) in [5.74, 6) is 0.00222. The lowest BCUT2D eigenvalue weighted by Gasteiger charge is -2.11. The Labute approximate surface area is 119 Å². The van der Waals surface area contributed by atoms with E-state index in [0.717, 1.165) is 33.6 Å². The van der Waals surface area contributed by atoms with Gasteiger partial charge in [-0.1, -0.05) is 0 Å². The number of carbonyl (C=O) groups is 1. The molecule has 0 saturated heterocycles. The Morgan fingerprint density at radius 3 is 1.20 bits per heavy atom. The molecule has 0 atom stereocenters. The quantitative estimate of drug-likeness (QED) is 0.648. The van der Waals surface area contributed by atoms with Gasteiger partial charge in [0.1, 0.15) is 0 Å². The third-order valence-corrected chi connectivity index (χ3v) is 3.71. The first kappa shape index (κ1) is 14.1. The summed E-state index contributed by atoms with van der Waals surface area (Å²) < 4.78 is 0. The van der Waals surface area contributed by atoms with E-state index in [2.05, 4.69) is 0 Å². The van der Waals surface area contributed by atoms with Crippen molar-refractivity contribution in [2.24, 2.45) is 0 Å². The Kier molecular flexibility index (Phi) is 3.53. The summed E-state index contributed by atoms with van der Waals surface area (Å²) in [6.45, 7) is 7.66. The maximum Gasteiger partial charge on any atom is 0.193 e. The third-order valence-electron chi connectivity index (χ3n) is 3.71. The zero-order valence-corrected chi connectivity index (χ0v) is 12.4. The van der Waals surface area contributed by atoms with Gasteiger partial charge >= 0.3 is 0 Å². The lowest BCUT2D eigenvalue weighted by molar-refractivity contribution is 0.103. The number of benzene rings is 2. The predicted molar refractivity (Wildman–Crippen MR) is 84.1 cm³/mol. The van der Waals surface area contributed by atoms with Crippen molar-refractivity contribution in [1.82, 2.24) is 0 Å². The zero-order chi connectivity index (χ0) is 15.0. The van der Waals surface area contributed by atoms with E-state index in [1.54, 1.807) is 0 Å². The molecule has 0 aliphatic carbocycles. The minimum absolute atomic E-state index is 0.00222. The van der Waals surface area contributed by atoms with E-state index in [1.165, 1.54) is 0 Å². The highest BCUT2D eigenvalue weighted by molar-refractivity contribution is 6.10. The van der Waals surface area contributed by atoms with Crippen LogP contribution in [0.5, 0.6) is 0 Å². The van der Waals surface area contributed by atoms with E-state index in [9.17, 15) is 4.79 Å². The van der Waals surface area contributed by atoms with Gasteiger partial charge in [0.15, 0.2) is 5.78 Å². The van der Waals surface area contributed by atoms with Crippen LogP contribution in [0, 0.1) is 27.7 Å². The van der Waals surface area contributed by atoms with Gasteiger partial charge in [0.25, 0.3) is 0 Å². The van der Waals surface area contributed by atoms with Crippen LogP contribution >= 0.6 is 0 Å². The molecule has 2 aromatic carbocycles. The van der Waals surface area contributed by atoms with Crippen LogP contribution in [0.15, 0.2) is 24.3 Å². The number of ketones is 1. The van der Waals surface area contributed by atoms with Crippen LogP contribution in [0.25, 0.3) is 0 Å². The van der Waals surface area contributed by atoms with Crippen molar-refractivity contribution in [1.29, 1.82) is 0 Å². The fourth-order valence-electron chi connectivity index (χ4n) is 2.38. The fourth-order valence-corrected chi connectivity index (χ4v) is 2.38. The largest absolute Gasteiger partial charge is 0.398 e. The van der Waals surface area contributed by atoms with Crippen molar-refractivity contribution in [2.75, 3.05) is 11.5 Å². The molecule has 0 aliphatic rings. The highest BCUT2D eigenvalue weighted by Gasteiger charge is 2.13. The molecule has 0 amide bonds. The molecule has 0 spiro atoms. The first-order valence-electron chi connectivity index (χ1n) is 6.59. The van der Waals surface area contributed by atoms with Gasteiger partial charge in [-0.2, -0.15) is 0 Å². The number of hydrogen-bond donors (Lipinski definition) is 2. The lowest BCUT2D eigenvalue weighted by atomic mass is 9.95. The maximum atomic E-state index is 12.6. The number of anilines is 2. The van der Waals surface area contributed by atoms with Gasteiger partial charge < -0.3 is 11.5 Å². The number of carbonyl (C=O) groups excluding carboxylic acids is 1. The van der Waals surface area contributed by atoms with Crippen LogP contribution in [0.4, 0.5) is 11.4 Å². The van der Waals surface area contributed by atoms with Crippen LogP contribution in [0.1, 0.15) is 38.2 Å². The summed E-state index contributed by atoms with van der Waals surface area (Å²) in [5, 5.41) is 0. The molecule has 104 valence electrons. The van der Waals surface area contributed by atoms with Crippen LogP contribution in [-0.2, 0) is 0 Å². The summed E-state index contributed by atoms with van der Waals surface area (Å²) in [6, 6.07) is 7.36. The standard InChI is InChI=1S/C17H20N2O/c1-9-5-13(6-10(2)15(9)18)17(20)14-7-11(3)16(19)12(4)8-14/h5-8H,18-19H2,1-4H3. The average molecular weight is 268 g/mol. The summed E-state index contributed by atoms with van der Waals surface area (Å²) in [6.07, 6.45) is 0. The van der Waals surface area contributed by atoms with Crippen LogP contribution in [0.2, 0.25) is 0 Å². The van der Waals surface area contributed by atoms with Crippen LogP contribution < -0.4 is 11.5 Å². The predicted octanol–water partition coefficient (Wildman–Crippen LogP) is 3.32. The van der Waals surface area contributed by atoms with Crippen molar-refractivity contribution in [2.45, 2.75) is 27.7 Å². The van der Waals surface area contributed by atoms with Crippen LogP contribution in [-0.4, -0.2) is 5.78 Å². The van der Waals surface area contributed by atoms with Gasteiger partial charge in [0.2, 0.25) is 0 Å². The van der Waals surface area contributed by atoms with Gasteiger partial charge in [-0.15, -0.1) is 0 Å². The molecule has 0 bridgehead atoms. The van der Waals surface area contributed by atoms with E-state index < -0.39 is 0 Å². The molecule has 4 N–H and O–H groups in total. The number of aryl methyl sites for hydroxylation is 4. The Morgan fingerprint density at radius 1 is 0.700 bits per heavy atom. The lowest BCUT2D eigenvalue weighted by Crippen LogP contribution is -2.06. The first-order valence-corrected chi connectivity index (χ1v) is 6.59. The summed E-state index contributed by atoms with van der Waals surface area (Å²) in [7, 11) is 0. The molecule has 0 fully saturated rings. The van der Waals surface area contributed by atoms with E-state index >= 15 is 0 Å². The monoisotopic (exact) mass is 268 g/mol. The van der Waals surface area contributed by atoms with E-state index in [0.29, 0.717) is 11.1 Å². The second-order valence-electron chi connectivity index (χ2n) is 5.38. The normalized spacial score (nSPS) is 10.6. The van der Waals surface area contributed by atoms with Gasteiger partial charge in [0.05, 0.1) is 0 Å². The van der Waals surface area contributed by atoms with Crippen molar-refractivity contribution in [3.05, 3.63) is 57.6 Å². The van der Waals surface area contributed by atoms with Crippen molar-refractivity contribution in [3.8, 4) is 0 Å². The minimum Gasteiger partial charge on any atom is -0.398 e. The van der Waals surface area contributed by atoms with Gasteiger partial charge in [-0.3, -0.25) is 4.79 Å². The van der Waals surface area contributed by atoms with Gasteiger partial charge in [-0.25, -0.2) is 0 Å². The molecule has 3 nitrogen and oxygen atoms in total. The molecule has 0 saturated carbocycles. The molecule has 0 unspecified atom stereocenters. The van der Waals surface area contributed by atoms with E-state index in [4.69, 9.17) is 11.5 Å².